The predicted molar refractivity (Wildman–Crippen MR) is 71.1 cm³/mol. The van der Waals surface area contributed by atoms with Crippen molar-refractivity contribution in [1.29, 1.82) is 0 Å². The molecule has 0 radical (unpaired) electrons. The van der Waals surface area contributed by atoms with Gasteiger partial charge in [0.1, 0.15) is 0 Å². The van der Waals surface area contributed by atoms with Crippen LogP contribution >= 0.6 is 0 Å². The zero-order chi connectivity index (χ0) is 13.3. The third kappa shape index (κ3) is 2.71. The fourth-order valence-corrected chi connectivity index (χ4v) is 1.99. The number of hydrogen-bond donors (Lipinski definition) is 2. The monoisotopic (exact) mass is 246 g/mol. The van der Waals surface area contributed by atoms with E-state index in [0.717, 1.165) is 16.8 Å². The van der Waals surface area contributed by atoms with Gasteiger partial charge in [0.2, 0.25) is 0 Å². The van der Waals surface area contributed by atoms with Crippen molar-refractivity contribution in [1.82, 2.24) is 4.98 Å². The van der Waals surface area contributed by atoms with Crippen LogP contribution in [0.2, 0.25) is 0 Å². The molecule has 18 heavy (non-hydrogen) atoms. The van der Waals surface area contributed by atoms with Gasteiger partial charge in [0.05, 0.1) is 11.3 Å². The number of nitrogens with zero attached hydrogens (tertiary/aromatic N) is 1. The van der Waals surface area contributed by atoms with Gasteiger partial charge in [-0.25, -0.2) is 4.98 Å². The van der Waals surface area contributed by atoms with E-state index in [-0.39, 0.29) is 0 Å². The zero-order valence-corrected chi connectivity index (χ0v) is 10.9. The molecule has 0 bridgehead atoms. The molecule has 0 unspecified atom stereocenters. The first-order chi connectivity index (χ1) is 8.37. The molecule has 0 aliphatic rings. The molecule has 96 valence electrons. The summed E-state index contributed by atoms with van der Waals surface area (Å²) >= 11 is 0. The number of rotatable bonds is 3. The summed E-state index contributed by atoms with van der Waals surface area (Å²) in [7, 11) is 0. The van der Waals surface area contributed by atoms with Crippen LogP contribution in [0.1, 0.15) is 25.1 Å². The van der Waals surface area contributed by atoms with E-state index in [2.05, 4.69) is 4.98 Å². The van der Waals surface area contributed by atoms with Crippen LogP contribution in [0, 0.1) is 6.92 Å². The van der Waals surface area contributed by atoms with Gasteiger partial charge in [-0.2, -0.15) is 0 Å². The highest BCUT2D eigenvalue weighted by Crippen LogP contribution is 2.30. The Kier molecular flexibility index (Phi) is 3.13. The zero-order valence-electron chi connectivity index (χ0n) is 10.9. The van der Waals surface area contributed by atoms with Gasteiger partial charge in [-0.1, -0.05) is 6.07 Å². The van der Waals surface area contributed by atoms with E-state index >= 15 is 0 Å². The van der Waals surface area contributed by atoms with Crippen LogP contribution in [0.5, 0.6) is 0 Å². The van der Waals surface area contributed by atoms with Gasteiger partial charge >= 0.3 is 0 Å². The van der Waals surface area contributed by atoms with E-state index in [1.165, 1.54) is 6.39 Å². The molecule has 0 atom stereocenters. The van der Waals surface area contributed by atoms with Crippen molar-refractivity contribution < 1.29 is 9.52 Å². The van der Waals surface area contributed by atoms with Crippen LogP contribution in [0.4, 0.5) is 5.69 Å². The summed E-state index contributed by atoms with van der Waals surface area (Å²) in [5.41, 5.74) is 8.42. The number of aromatic nitrogens is 1. The second-order valence-corrected chi connectivity index (χ2v) is 5.17. The topological polar surface area (TPSA) is 72.3 Å². The summed E-state index contributed by atoms with van der Waals surface area (Å²) in [6, 6.07) is 5.61. The summed E-state index contributed by atoms with van der Waals surface area (Å²) < 4.78 is 5.41. The van der Waals surface area contributed by atoms with Gasteiger partial charge in [0, 0.05) is 17.7 Å². The molecule has 4 heteroatoms. The summed E-state index contributed by atoms with van der Waals surface area (Å²) in [5.74, 6) is 0.710. The number of hydrogen-bond acceptors (Lipinski definition) is 4. The molecule has 4 nitrogen and oxygen atoms in total. The van der Waals surface area contributed by atoms with Gasteiger partial charge in [0.25, 0.3) is 0 Å². The maximum absolute atomic E-state index is 9.95. The van der Waals surface area contributed by atoms with E-state index in [4.69, 9.17) is 10.2 Å². The molecular weight excluding hydrogens is 228 g/mol. The average molecular weight is 246 g/mol. The van der Waals surface area contributed by atoms with Crippen LogP contribution in [0.25, 0.3) is 11.3 Å². The third-order valence-corrected chi connectivity index (χ3v) is 2.75. The van der Waals surface area contributed by atoms with Crippen molar-refractivity contribution >= 4 is 5.69 Å². The molecule has 0 aliphatic carbocycles. The number of nitrogens with two attached hydrogens (primary N) is 1. The highest BCUT2D eigenvalue weighted by atomic mass is 16.3. The van der Waals surface area contributed by atoms with Crippen LogP contribution in [0.15, 0.2) is 29.0 Å². The quantitative estimate of drug-likeness (QED) is 0.816. The van der Waals surface area contributed by atoms with Crippen LogP contribution < -0.4 is 5.73 Å². The summed E-state index contributed by atoms with van der Waals surface area (Å²) in [5, 5.41) is 9.95. The molecule has 0 aliphatic heterocycles. The summed E-state index contributed by atoms with van der Waals surface area (Å²) in [4.78, 5) is 4.09. The smallest absolute Gasteiger partial charge is 0.181 e. The average Bonchev–Trinajstić information content (AvgIpc) is 2.65. The second kappa shape index (κ2) is 4.46. The lowest BCUT2D eigenvalue weighted by Gasteiger charge is -2.19. The van der Waals surface area contributed by atoms with Crippen molar-refractivity contribution in [3.63, 3.8) is 0 Å². The molecular formula is C14H18N2O2. The molecule has 0 amide bonds. The number of anilines is 1. The Hall–Kier alpha value is -1.81. The van der Waals surface area contributed by atoms with Crippen molar-refractivity contribution in [3.05, 3.63) is 35.9 Å². The van der Waals surface area contributed by atoms with Crippen molar-refractivity contribution in [2.75, 3.05) is 5.73 Å². The standard InChI is InChI=1S/C14H18N2O2/c1-9-13(18-8-16-9)12-6-11(15)5-4-10(12)7-14(2,3)17/h4-6,8,17H,7,15H2,1-3H3. The van der Waals surface area contributed by atoms with E-state index in [9.17, 15) is 5.11 Å². The first kappa shape index (κ1) is 12.6. The lowest BCUT2D eigenvalue weighted by molar-refractivity contribution is 0.0811. The highest BCUT2D eigenvalue weighted by molar-refractivity contribution is 5.68. The number of aliphatic hydroxyl groups is 1. The van der Waals surface area contributed by atoms with Crippen LogP contribution in [-0.4, -0.2) is 15.7 Å². The Labute approximate surface area is 106 Å². The van der Waals surface area contributed by atoms with Crippen molar-refractivity contribution in [3.8, 4) is 11.3 Å². The normalized spacial score (nSPS) is 11.8. The molecule has 0 saturated heterocycles. The fourth-order valence-electron chi connectivity index (χ4n) is 1.99. The van der Waals surface area contributed by atoms with Gasteiger partial charge in [0.15, 0.2) is 12.2 Å². The van der Waals surface area contributed by atoms with E-state index in [1.807, 2.05) is 25.1 Å². The first-order valence-electron chi connectivity index (χ1n) is 5.88. The minimum Gasteiger partial charge on any atom is -0.443 e. The first-order valence-corrected chi connectivity index (χ1v) is 5.88. The third-order valence-electron chi connectivity index (χ3n) is 2.75. The Morgan fingerprint density at radius 2 is 2.11 bits per heavy atom. The van der Waals surface area contributed by atoms with E-state index in [1.54, 1.807) is 13.8 Å². The number of nitrogen functional groups attached to an aromatic ring is 1. The molecule has 1 heterocycles. The molecule has 3 N–H and O–H groups in total. The van der Waals surface area contributed by atoms with Gasteiger partial charge in [-0.15, -0.1) is 0 Å². The minimum atomic E-state index is -0.779. The minimum absolute atomic E-state index is 0.531. The van der Waals surface area contributed by atoms with Crippen molar-refractivity contribution in [2.24, 2.45) is 0 Å². The van der Waals surface area contributed by atoms with Gasteiger partial charge < -0.3 is 15.3 Å². The van der Waals surface area contributed by atoms with E-state index in [0.29, 0.717) is 17.9 Å². The Morgan fingerprint density at radius 1 is 1.39 bits per heavy atom. The molecule has 1 aromatic carbocycles. The number of aryl methyl sites for hydroxylation is 1. The SMILES string of the molecule is Cc1ncoc1-c1cc(N)ccc1CC(C)(C)O. The van der Waals surface area contributed by atoms with Gasteiger partial charge in [-0.05, 0) is 38.5 Å². The second-order valence-electron chi connectivity index (χ2n) is 5.17. The predicted octanol–water partition coefficient (Wildman–Crippen LogP) is 2.55. The Balaban J connectivity index is 2.51. The molecule has 0 fully saturated rings. The molecule has 2 aromatic rings. The van der Waals surface area contributed by atoms with Crippen LogP contribution in [-0.2, 0) is 6.42 Å². The molecule has 0 saturated carbocycles. The molecule has 0 spiro atoms. The molecule has 2 rings (SSSR count). The van der Waals surface area contributed by atoms with Crippen LogP contribution in [0.3, 0.4) is 0 Å². The Bertz CT molecular complexity index is 553. The van der Waals surface area contributed by atoms with Crippen molar-refractivity contribution in [2.45, 2.75) is 32.8 Å². The number of benzene rings is 1. The largest absolute Gasteiger partial charge is 0.443 e. The highest BCUT2D eigenvalue weighted by Gasteiger charge is 2.19. The lowest BCUT2D eigenvalue weighted by atomic mass is 9.93. The molecule has 1 aromatic heterocycles. The van der Waals surface area contributed by atoms with Gasteiger partial charge in [-0.3, -0.25) is 0 Å². The summed E-state index contributed by atoms with van der Waals surface area (Å²) in [6.07, 6.45) is 1.95. The lowest BCUT2D eigenvalue weighted by Crippen LogP contribution is -2.22. The summed E-state index contributed by atoms with van der Waals surface area (Å²) in [6.45, 7) is 5.44. The number of oxazole rings is 1. The maximum Gasteiger partial charge on any atom is 0.181 e. The maximum atomic E-state index is 9.95. The Morgan fingerprint density at radius 3 is 2.67 bits per heavy atom. The van der Waals surface area contributed by atoms with E-state index < -0.39 is 5.60 Å². The fraction of sp³-hybridized carbons (Fsp3) is 0.357.